The van der Waals surface area contributed by atoms with Gasteiger partial charge in [-0.25, -0.2) is 0 Å². The zero-order chi connectivity index (χ0) is 15.6. The maximum atomic E-state index is 11.9. The molecule has 0 aromatic heterocycles. The predicted molar refractivity (Wildman–Crippen MR) is 81.6 cm³/mol. The first kappa shape index (κ1) is 15.0. The van der Waals surface area contributed by atoms with Gasteiger partial charge in [-0.2, -0.15) is 0 Å². The van der Waals surface area contributed by atoms with E-state index in [1.54, 1.807) is 26.2 Å². The molecule has 0 saturated carbocycles. The van der Waals surface area contributed by atoms with Crippen LogP contribution in [0.4, 0.5) is 17.1 Å². The number of nitrogens with zero attached hydrogens (tertiary/aromatic N) is 2. The molecule has 7 heteroatoms. The van der Waals surface area contributed by atoms with Gasteiger partial charge in [0.2, 0.25) is 5.91 Å². The molecule has 1 aromatic carbocycles. The molecule has 2 rings (SSSR count). The lowest BCUT2D eigenvalue weighted by atomic mass is 10.2. The van der Waals surface area contributed by atoms with E-state index < -0.39 is 0 Å². The number of nitrogens with one attached hydrogen (secondary N) is 1. The zero-order valence-electron chi connectivity index (χ0n) is 12.5. The number of hydrogen-bond acceptors (Lipinski definition) is 5. The third-order valence-electron chi connectivity index (χ3n) is 3.31. The molecule has 7 nitrogen and oxygen atoms in total. The summed E-state index contributed by atoms with van der Waals surface area (Å²) < 4.78 is 5.32. The Bertz CT molecular complexity index is 572. The fourth-order valence-electron chi connectivity index (χ4n) is 2.08. The molecule has 0 bridgehead atoms. The number of rotatable bonds is 4. The molecule has 3 N–H and O–H groups in total. The van der Waals surface area contributed by atoms with Gasteiger partial charge in [-0.1, -0.05) is 0 Å². The Morgan fingerprint density at radius 1 is 1.43 bits per heavy atom. The molecular formula is C14H20N4O3. The van der Waals surface area contributed by atoms with Crippen molar-refractivity contribution in [2.45, 2.75) is 6.92 Å². The van der Waals surface area contributed by atoms with Crippen LogP contribution in [0.5, 0.6) is 5.75 Å². The van der Waals surface area contributed by atoms with E-state index in [9.17, 15) is 9.59 Å². The molecule has 1 aliphatic rings. The van der Waals surface area contributed by atoms with Gasteiger partial charge in [0.1, 0.15) is 5.75 Å². The summed E-state index contributed by atoms with van der Waals surface area (Å²) in [5.41, 5.74) is 7.84. The van der Waals surface area contributed by atoms with E-state index in [0.29, 0.717) is 29.4 Å². The number of benzene rings is 1. The van der Waals surface area contributed by atoms with E-state index in [1.165, 1.54) is 4.90 Å². The number of carbonyl (C=O) groups excluding carboxylic acids is 2. The Morgan fingerprint density at radius 2 is 2.14 bits per heavy atom. The van der Waals surface area contributed by atoms with Crippen molar-refractivity contribution in [1.82, 2.24) is 4.90 Å². The van der Waals surface area contributed by atoms with Crippen molar-refractivity contribution in [3.05, 3.63) is 12.1 Å². The standard InChI is InChI=1S/C14H20N4O3/c1-4-18(7-14(20)17(2)3)11-6-10-12(5-9(11)15)21-8-13(19)16-10/h5-6H,4,7-8,15H2,1-3H3,(H,16,19). The number of amides is 2. The Balaban J connectivity index is 2.31. The molecule has 1 heterocycles. The van der Waals surface area contributed by atoms with Gasteiger partial charge in [0.05, 0.1) is 23.6 Å². The summed E-state index contributed by atoms with van der Waals surface area (Å²) in [6.07, 6.45) is 0. The number of anilines is 3. The van der Waals surface area contributed by atoms with Crippen molar-refractivity contribution < 1.29 is 14.3 Å². The van der Waals surface area contributed by atoms with Gasteiger partial charge in [0, 0.05) is 26.7 Å². The largest absolute Gasteiger partial charge is 0.482 e. The van der Waals surface area contributed by atoms with Crippen LogP contribution in [0.2, 0.25) is 0 Å². The lowest BCUT2D eigenvalue weighted by molar-refractivity contribution is -0.127. The molecule has 1 aliphatic heterocycles. The molecule has 0 atom stereocenters. The predicted octanol–water partition coefficient (Wildman–Crippen LogP) is 0.514. The summed E-state index contributed by atoms with van der Waals surface area (Å²) in [5, 5.41) is 2.74. The van der Waals surface area contributed by atoms with Crippen LogP contribution in [-0.4, -0.2) is 50.5 Å². The van der Waals surface area contributed by atoms with Crippen molar-refractivity contribution in [2.75, 3.05) is 49.7 Å². The summed E-state index contributed by atoms with van der Waals surface area (Å²) in [7, 11) is 3.42. The molecule has 0 fully saturated rings. The SMILES string of the molecule is CCN(CC(=O)N(C)C)c1cc2c(cc1N)OCC(=O)N2. The Morgan fingerprint density at radius 3 is 2.76 bits per heavy atom. The van der Waals surface area contributed by atoms with Gasteiger partial charge >= 0.3 is 0 Å². The highest BCUT2D eigenvalue weighted by Crippen LogP contribution is 2.36. The van der Waals surface area contributed by atoms with Gasteiger partial charge < -0.3 is 25.6 Å². The van der Waals surface area contributed by atoms with Crippen molar-refractivity contribution in [3.63, 3.8) is 0 Å². The maximum absolute atomic E-state index is 11.9. The van der Waals surface area contributed by atoms with E-state index in [1.807, 2.05) is 11.8 Å². The average molecular weight is 292 g/mol. The second kappa shape index (κ2) is 5.90. The molecule has 0 saturated heterocycles. The molecule has 0 spiro atoms. The number of nitrogen functional groups attached to an aromatic ring is 1. The van der Waals surface area contributed by atoms with Crippen molar-refractivity contribution >= 4 is 28.9 Å². The van der Waals surface area contributed by atoms with Crippen LogP contribution in [0.1, 0.15) is 6.92 Å². The number of nitrogens with two attached hydrogens (primary N) is 1. The Kier molecular flexibility index (Phi) is 4.21. The quantitative estimate of drug-likeness (QED) is 0.790. The van der Waals surface area contributed by atoms with Crippen LogP contribution in [0, 0.1) is 0 Å². The first-order chi connectivity index (χ1) is 9.92. The van der Waals surface area contributed by atoms with Gasteiger partial charge in [-0.15, -0.1) is 0 Å². The first-order valence-corrected chi connectivity index (χ1v) is 6.73. The zero-order valence-corrected chi connectivity index (χ0v) is 12.5. The minimum atomic E-state index is -0.203. The molecule has 1 aromatic rings. The van der Waals surface area contributed by atoms with Crippen LogP contribution >= 0.6 is 0 Å². The lowest BCUT2D eigenvalue weighted by Crippen LogP contribution is -2.37. The number of hydrogen-bond donors (Lipinski definition) is 2. The minimum absolute atomic E-state index is 0.0115. The number of fused-ring (bicyclic) bond motifs is 1. The smallest absolute Gasteiger partial charge is 0.262 e. The van der Waals surface area contributed by atoms with Crippen LogP contribution in [0.15, 0.2) is 12.1 Å². The molecule has 0 radical (unpaired) electrons. The van der Waals surface area contributed by atoms with Crippen molar-refractivity contribution in [3.8, 4) is 5.75 Å². The van der Waals surface area contributed by atoms with Crippen LogP contribution in [-0.2, 0) is 9.59 Å². The molecule has 2 amide bonds. The first-order valence-electron chi connectivity index (χ1n) is 6.73. The van der Waals surface area contributed by atoms with E-state index in [4.69, 9.17) is 10.5 Å². The number of ether oxygens (including phenoxy) is 1. The third-order valence-corrected chi connectivity index (χ3v) is 3.31. The van der Waals surface area contributed by atoms with E-state index in [-0.39, 0.29) is 25.0 Å². The summed E-state index contributed by atoms with van der Waals surface area (Å²) in [6, 6.07) is 3.42. The highest BCUT2D eigenvalue weighted by molar-refractivity contribution is 5.97. The van der Waals surface area contributed by atoms with Crippen LogP contribution in [0.25, 0.3) is 0 Å². The molecule has 0 aliphatic carbocycles. The number of likely N-dealkylation sites (N-methyl/N-ethyl adjacent to an activating group) is 2. The highest BCUT2D eigenvalue weighted by Gasteiger charge is 2.21. The minimum Gasteiger partial charge on any atom is -0.482 e. The Hall–Kier alpha value is -2.44. The lowest BCUT2D eigenvalue weighted by Gasteiger charge is -2.27. The van der Waals surface area contributed by atoms with Gasteiger partial charge in [-0.05, 0) is 13.0 Å². The Labute approximate surface area is 123 Å². The summed E-state index contributed by atoms with van der Waals surface area (Å²) in [4.78, 5) is 26.7. The number of carbonyl (C=O) groups is 2. The third kappa shape index (κ3) is 3.18. The van der Waals surface area contributed by atoms with Gasteiger partial charge in [0.15, 0.2) is 6.61 Å². The average Bonchev–Trinajstić information content (AvgIpc) is 2.44. The normalized spacial score (nSPS) is 13.0. The second-order valence-corrected chi connectivity index (χ2v) is 5.05. The monoisotopic (exact) mass is 292 g/mol. The van der Waals surface area contributed by atoms with Crippen LogP contribution < -0.4 is 20.7 Å². The van der Waals surface area contributed by atoms with Crippen molar-refractivity contribution in [1.29, 1.82) is 0 Å². The second-order valence-electron chi connectivity index (χ2n) is 5.05. The molecular weight excluding hydrogens is 272 g/mol. The van der Waals surface area contributed by atoms with Gasteiger partial charge in [0.25, 0.3) is 5.91 Å². The van der Waals surface area contributed by atoms with Gasteiger partial charge in [-0.3, -0.25) is 9.59 Å². The topological polar surface area (TPSA) is 87.9 Å². The summed E-state index contributed by atoms with van der Waals surface area (Å²) in [6.45, 7) is 2.78. The summed E-state index contributed by atoms with van der Waals surface area (Å²) in [5.74, 6) is 0.325. The summed E-state index contributed by atoms with van der Waals surface area (Å²) >= 11 is 0. The maximum Gasteiger partial charge on any atom is 0.262 e. The van der Waals surface area contributed by atoms with Crippen molar-refractivity contribution in [2.24, 2.45) is 0 Å². The molecule has 114 valence electrons. The van der Waals surface area contributed by atoms with E-state index >= 15 is 0 Å². The van der Waals surface area contributed by atoms with E-state index in [2.05, 4.69) is 5.32 Å². The molecule has 0 unspecified atom stereocenters. The van der Waals surface area contributed by atoms with E-state index in [0.717, 1.165) is 0 Å². The molecule has 21 heavy (non-hydrogen) atoms. The highest BCUT2D eigenvalue weighted by atomic mass is 16.5. The van der Waals surface area contributed by atoms with Crippen LogP contribution in [0.3, 0.4) is 0 Å². The fraction of sp³-hybridized carbons (Fsp3) is 0.429. The fourth-order valence-corrected chi connectivity index (χ4v) is 2.08.